The third kappa shape index (κ3) is 3.59. The van der Waals surface area contributed by atoms with E-state index in [2.05, 4.69) is 15.0 Å². The van der Waals surface area contributed by atoms with Gasteiger partial charge in [0.15, 0.2) is 11.4 Å². The molecule has 5 nitrogen and oxygen atoms in total. The number of pyridine rings is 1. The number of nitrogens with zero attached hydrogens (tertiary/aromatic N) is 1. The fraction of sp³-hybridized carbons (Fsp3) is 0.250. The van der Waals surface area contributed by atoms with Gasteiger partial charge in [-0.05, 0) is 35.7 Å². The summed E-state index contributed by atoms with van der Waals surface area (Å²) in [6.07, 6.45) is 1.53. The van der Waals surface area contributed by atoms with E-state index in [-0.39, 0.29) is 17.3 Å². The molecule has 0 spiro atoms. The largest absolute Gasteiger partial charge is 0.505 e. The van der Waals surface area contributed by atoms with Gasteiger partial charge in [-0.1, -0.05) is 12.1 Å². The molecule has 2 N–H and O–H groups in total. The molecule has 1 aromatic heterocycles. The smallest absolute Gasteiger partial charge is 0.360 e. The van der Waals surface area contributed by atoms with E-state index in [0.29, 0.717) is 18.7 Å². The van der Waals surface area contributed by atoms with Crippen LogP contribution in [-0.2, 0) is 17.8 Å². The zero-order valence-electron chi connectivity index (χ0n) is 12.4. The van der Waals surface area contributed by atoms with Crippen molar-refractivity contribution >= 4 is 5.97 Å². The fourth-order valence-electron chi connectivity index (χ4n) is 2.00. The molecule has 0 fully saturated rings. The van der Waals surface area contributed by atoms with E-state index < -0.39 is 5.97 Å². The molecule has 22 heavy (non-hydrogen) atoms. The van der Waals surface area contributed by atoms with Crippen LogP contribution in [-0.4, -0.2) is 23.2 Å². The van der Waals surface area contributed by atoms with Crippen LogP contribution in [0.1, 0.15) is 27.2 Å². The monoisotopic (exact) mass is 304 g/mol. The van der Waals surface area contributed by atoms with Gasteiger partial charge < -0.3 is 15.2 Å². The first-order valence-corrected chi connectivity index (χ1v) is 6.74. The van der Waals surface area contributed by atoms with Crippen LogP contribution < -0.4 is 5.32 Å². The normalized spacial score (nSPS) is 10.5. The summed E-state index contributed by atoms with van der Waals surface area (Å²) in [5, 5.41) is 13.2. The molecular formula is C16H17FN2O3. The summed E-state index contributed by atoms with van der Waals surface area (Å²) in [4.78, 5) is 15.4. The van der Waals surface area contributed by atoms with Gasteiger partial charge in [0.25, 0.3) is 0 Å². The summed E-state index contributed by atoms with van der Waals surface area (Å²) in [5.41, 5.74) is 2.19. The van der Waals surface area contributed by atoms with Crippen molar-refractivity contribution in [1.82, 2.24) is 10.3 Å². The second-order valence-electron chi connectivity index (χ2n) is 4.83. The Balaban J connectivity index is 2.03. The molecule has 1 aromatic carbocycles. The second-order valence-corrected chi connectivity index (χ2v) is 4.83. The Morgan fingerprint density at radius 2 is 2.00 bits per heavy atom. The highest BCUT2D eigenvalue weighted by atomic mass is 19.1. The van der Waals surface area contributed by atoms with Crippen LogP contribution in [0.2, 0.25) is 0 Å². The molecule has 0 atom stereocenters. The molecule has 0 bridgehead atoms. The molecule has 2 rings (SSSR count). The van der Waals surface area contributed by atoms with Crippen molar-refractivity contribution in [3.63, 3.8) is 0 Å². The van der Waals surface area contributed by atoms with Crippen molar-refractivity contribution < 1.29 is 19.0 Å². The fourth-order valence-corrected chi connectivity index (χ4v) is 2.00. The van der Waals surface area contributed by atoms with Gasteiger partial charge >= 0.3 is 5.97 Å². The Hall–Kier alpha value is -2.47. The molecule has 0 aliphatic carbocycles. The minimum Gasteiger partial charge on any atom is -0.505 e. The number of carbonyl (C=O) groups excluding carboxylic acids is 1. The number of nitrogens with one attached hydrogen (secondary N) is 1. The molecule has 0 saturated heterocycles. The van der Waals surface area contributed by atoms with Crippen LogP contribution in [0.25, 0.3) is 0 Å². The average molecular weight is 304 g/mol. The van der Waals surface area contributed by atoms with E-state index in [1.807, 2.05) is 0 Å². The van der Waals surface area contributed by atoms with Gasteiger partial charge in [-0.2, -0.15) is 0 Å². The first-order chi connectivity index (χ1) is 10.5. The zero-order valence-corrected chi connectivity index (χ0v) is 12.4. The maximum atomic E-state index is 12.8. The Morgan fingerprint density at radius 1 is 1.32 bits per heavy atom. The standard InChI is InChI=1S/C16H17FN2O3/c1-10-12(9-19-14(15(10)20)16(21)22-2)8-18-7-11-3-5-13(17)6-4-11/h3-6,9,18,20H,7-8H2,1-2H3. The lowest BCUT2D eigenvalue weighted by Crippen LogP contribution is -2.15. The molecule has 0 saturated carbocycles. The van der Waals surface area contributed by atoms with Crippen LogP contribution in [0.15, 0.2) is 30.5 Å². The Kier molecular flexibility index (Phi) is 5.06. The first kappa shape index (κ1) is 15.9. The van der Waals surface area contributed by atoms with Crippen molar-refractivity contribution in [2.75, 3.05) is 7.11 Å². The minimum atomic E-state index is -0.675. The van der Waals surface area contributed by atoms with Crippen LogP contribution in [0.5, 0.6) is 5.75 Å². The lowest BCUT2D eigenvalue weighted by atomic mass is 10.1. The molecule has 6 heteroatoms. The van der Waals surface area contributed by atoms with Crippen molar-refractivity contribution in [3.05, 3.63) is 58.7 Å². The Labute approximate surface area is 127 Å². The van der Waals surface area contributed by atoms with Crippen molar-refractivity contribution in [2.24, 2.45) is 0 Å². The molecule has 0 unspecified atom stereocenters. The number of aromatic hydroxyl groups is 1. The van der Waals surface area contributed by atoms with Gasteiger partial charge in [-0.15, -0.1) is 0 Å². The van der Waals surface area contributed by atoms with E-state index >= 15 is 0 Å². The van der Waals surface area contributed by atoms with Crippen molar-refractivity contribution in [1.29, 1.82) is 0 Å². The maximum absolute atomic E-state index is 12.8. The predicted octanol–water partition coefficient (Wildman–Crippen LogP) is 2.31. The Morgan fingerprint density at radius 3 is 2.64 bits per heavy atom. The molecule has 116 valence electrons. The molecule has 2 aromatic rings. The zero-order chi connectivity index (χ0) is 16.1. The number of carbonyl (C=O) groups is 1. The van der Waals surface area contributed by atoms with E-state index in [1.165, 1.54) is 25.4 Å². The average Bonchev–Trinajstić information content (AvgIpc) is 2.53. The number of methoxy groups -OCH3 is 1. The molecular weight excluding hydrogens is 287 g/mol. The molecule has 0 radical (unpaired) electrons. The van der Waals surface area contributed by atoms with E-state index in [4.69, 9.17) is 0 Å². The number of benzene rings is 1. The van der Waals surface area contributed by atoms with E-state index in [1.54, 1.807) is 19.1 Å². The SMILES string of the molecule is COC(=O)c1ncc(CNCc2ccc(F)cc2)c(C)c1O. The highest BCUT2D eigenvalue weighted by Gasteiger charge is 2.17. The van der Waals surface area contributed by atoms with Crippen LogP contribution >= 0.6 is 0 Å². The summed E-state index contributed by atoms with van der Waals surface area (Å²) >= 11 is 0. The van der Waals surface area contributed by atoms with Crippen LogP contribution in [0.3, 0.4) is 0 Å². The van der Waals surface area contributed by atoms with Gasteiger partial charge in [0.2, 0.25) is 0 Å². The molecule has 0 amide bonds. The first-order valence-electron chi connectivity index (χ1n) is 6.74. The summed E-state index contributed by atoms with van der Waals surface area (Å²) in [7, 11) is 1.23. The number of halogens is 1. The van der Waals surface area contributed by atoms with Gasteiger partial charge in [0, 0.05) is 19.3 Å². The predicted molar refractivity (Wildman–Crippen MR) is 78.9 cm³/mol. The van der Waals surface area contributed by atoms with Crippen molar-refractivity contribution in [3.8, 4) is 5.75 Å². The summed E-state index contributed by atoms with van der Waals surface area (Å²) in [6, 6.07) is 6.21. The lowest BCUT2D eigenvalue weighted by molar-refractivity contribution is 0.0590. The number of rotatable bonds is 5. The highest BCUT2D eigenvalue weighted by Crippen LogP contribution is 2.23. The van der Waals surface area contributed by atoms with Gasteiger partial charge in [0.1, 0.15) is 5.82 Å². The number of esters is 1. The van der Waals surface area contributed by atoms with Gasteiger partial charge in [0.05, 0.1) is 7.11 Å². The highest BCUT2D eigenvalue weighted by molar-refractivity contribution is 5.90. The van der Waals surface area contributed by atoms with Gasteiger partial charge in [-0.3, -0.25) is 0 Å². The number of hydrogen-bond acceptors (Lipinski definition) is 5. The second kappa shape index (κ2) is 7.00. The number of hydrogen-bond donors (Lipinski definition) is 2. The maximum Gasteiger partial charge on any atom is 0.360 e. The van der Waals surface area contributed by atoms with E-state index in [9.17, 15) is 14.3 Å². The van der Waals surface area contributed by atoms with Crippen molar-refractivity contribution in [2.45, 2.75) is 20.0 Å². The number of ether oxygens (including phenoxy) is 1. The minimum absolute atomic E-state index is 0.0951. The quantitative estimate of drug-likeness (QED) is 0.829. The molecule has 0 aliphatic rings. The Bertz CT molecular complexity index is 672. The topological polar surface area (TPSA) is 71.5 Å². The summed E-state index contributed by atoms with van der Waals surface area (Å²) in [6.45, 7) is 2.73. The van der Waals surface area contributed by atoms with Crippen LogP contribution in [0.4, 0.5) is 4.39 Å². The van der Waals surface area contributed by atoms with Gasteiger partial charge in [-0.25, -0.2) is 14.2 Å². The third-order valence-electron chi connectivity index (χ3n) is 3.35. The third-order valence-corrected chi connectivity index (χ3v) is 3.35. The summed E-state index contributed by atoms with van der Waals surface area (Å²) in [5.74, 6) is -1.12. The molecule has 1 heterocycles. The van der Waals surface area contributed by atoms with Crippen LogP contribution in [0, 0.1) is 12.7 Å². The van der Waals surface area contributed by atoms with E-state index in [0.717, 1.165) is 11.1 Å². The lowest BCUT2D eigenvalue weighted by Gasteiger charge is -2.11. The number of aromatic nitrogens is 1. The summed E-state index contributed by atoms with van der Waals surface area (Å²) < 4.78 is 17.4. The molecule has 0 aliphatic heterocycles.